The molecule has 0 radical (unpaired) electrons. The van der Waals surface area contributed by atoms with Crippen molar-refractivity contribution >= 4 is 18.1 Å². The molecular formula is C20H25N3O5. The monoisotopic (exact) mass is 387 g/mol. The number of carbonyl (C=O) groups excluding carboxylic acids is 3. The first-order valence-electron chi connectivity index (χ1n) is 9.44. The molecule has 0 aliphatic carbocycles. The van der Waals surface area contributed by atoms with Crippen molar-refractivity contribution < 1.29 is 23.9 Å². The number of piperidine rings is 1. The highest BCUT2D eigenvalue weighted by Gasteiger charge is 2.40. The second kappa shape index (κ2) is 7.69. The predicted octanol–water partition coefficient (Wildman–Crippen LogP) is 1.96. The van der Waals surface area contributed by atoms with Gasteiger partial charge < -0.3 is 14.4 Å². The van der Waals surface area contributed by atoms with E-state index in [1.165, 1.54) is 0 Å². The van der Waals surface area contributed by atoms with Gasteiger partial charge in [0.25, 0.3) is 0 Å². The number of hydrogen-bond acceptors (Lipinski definition) is 5. The van der Waals surface area contributed by atoms with Gasteiger partial charge in [-0.15, -0.1) is 0 Å². The van der Waals surface area contributed by atoms with Gasteiger partial charge in [0, 0.05) is 19.0 Å². The molecule has 150 valence electrons. The number of nitrogens with zero attached hydrogens (tertiary/aromatic N) is 3. The van der Waals surface area contributed by atoms with E-state index >= 15 is 0 Å². The van der Waals surface area contributed by atoms with E-state index in [-0.39, 0.29) is 25.0 Å². The summed E-state index contributed by atoms with van der Waals surface area (Å²) >= 11 is 0. The van der Waals surface area contributed by atoms with Crippen LogP contribution in [0.2, 0.25) is 0 Å². The number of likely N-dealkylation sites (tertiary alicyclic amines) is 1. The molecule has 0 aromatic heterocycles. The minimum atomic E-state index is -0.617. The van der Waals surface area contributed by atoms with Gasteiger partial charge in [0.15, 0.2) is 0 Å². The summed E-state index contributed by atoms with van der Waals surface area (Å²) in [5.74, 6) is -1.17. The van der Waals surface area contributed by atoms with Crippen molar-refractivity contribution in [3.8, 4) is 0 Å². The van der Waals surface area contributed by atoms with Gasteiger partial charge in [-0.1, -0.05) is 12.1 Å². The summed E-state index contributed by atoms with van der Waals surface area (Å²) in [6.45, 7) is 8.02. The van der Waals surface area contributed by atoms with Crippen LogP contribution in [0.5, 0.6) is 0 Å². The Labute approximate surface area is 163 Å². The fraction of sp³-hybridized carbons (Fsp3) is 0.550. The van der Waals surface area contributed by atoms with Gasteiger partial charge in [0.2, 0.25) is 0 Å². The average Bonchev–Trinajstić information content (AvgIpc) is 3.00. The lowest BCUT2D eigenvalue weighted by atomic mass is 9.80. The average molecular weight is 387 g/mol. The molecule has 28 heavy (non-hydrogen) atoms. The highest BCUT2D eigenvalue weighted by molar-refractivity contribution is 5.78. The first-order chi connectivity index (χ1) is 13.2. The van der Waals surface area contributed by atoms with E-state index in [0.717, 1.165) is 5.56 Å². The zero-order valence-corrected chi connectivity index (χ0v) is 16.6. The smallest absolute Gasteiger partial charge is 0.410 e. The maximum Gasteiger partial charge on any atom is 0.410 e. The van der Waals surface area contributed by atoms with Crippen molar-refractivity contribution in [2.75, 3.05) is 19.7 Å². The molecular weight excluding hydrogens is 362 g/mol. The summed E-state index contributed by atoms with van der Waals surface area (Å²) in [5.41, 5.74) is 0.169. The third-order valence-electron chi connectivity index (χ3n) is 4.72. The summed E-state index contributed by atoms with van der Waals surface area (Å²) in [6.07, 6.45) is 0.0801. The quantitative estimate of drug-likeness (QED) is 0.739. The Balaban J connectivity index is 1.91. The molecule has 1 fully saturated rings. The van der Waals surface area contributed by atoms with E-state index in [2.05, 4.69) is 9.98 Å². The van der Waals surface area contributed by atoms with Crippen molar-refractivity contribution in [2.45, 2.75) is 45.6 Å². The number of para-hydroxylation sites is 1. The van der Waals surface area contributed by atoms with Crippen molar-refractivity contribution in [3.05, 3.63) is 34.5 Å². The summed E-state index contributed by atoms with van der Waals surface area (Å²) in [5, 5.41) is 1.03. The molecule has 1 aromatic carbocycles. The number of ether oxygens (including phenoxy) is 2. The maximum atomic E-state index is 12.7. The Kier molecular flexibility index (Phi) is 5.49. The lowest BCUT2D eigenvalue weighted by molar-refractivity contribution is -0.150. The molecule has 1 aromatic rings. The van der Waals surface area contributed by atoms with Crippen molar-refractivity contribution in [1.82, 2.24) is 4.90 Å². The molecule has 2 unspecified atom stereocenters. The van der Waals surface area contributed by atoms with Gasteiger partial charge in [-0.2, -0.15) is 9.98 Å². The Morgan fingerprint density at radius 1 is 1.25 bits per heavy atom. The normalized spacial score (nSPS) is 21.4. The van der Waals surface area contributed by atoms with E-state index in [1.807, 2.05) is 6.07 Å². The summed E-state index contributed by atoms with van der Waals surface area (Å²) < 4.78 is 10.7. The molecule has 8 nitrogen and oxygen atoms in total. The number of hydrogen-bond donors (Lipinski definition) is 0. The van der Waals surface area contributed by atoms with Crippen LogP contribution in [-0.4, -0.2) is 48.3 Å². The molecule has 8 heteroatoms. The van der Waals surface area contributed by atoms with Crippen LogP contribution >= 0.6 is 0 Å². The Hall–Kier alpha value is -2.77. The van der Waals surface area contributed by atoms with Crippen LogP contribution in [0.3, 0.4) is 0 Å². The lowest BCUT2D eigenvalue weighted by Crippen LogP contribution is -2.49. The maximum absolute atomic E-state index is 12.7. The van der Waals surface area contributed by atoms with E-state index in [9.17, 15) is 14.4 Å². The minimum Gasteiger partial charge on any atom is -0.466 e. The SMILES string of the molecule is CCOC(=O)C1CN(C(=O)OC(C)(C)C)CCC1c1cccc2c1=NC(=O)N=2. The number of carbonyl (C=O) groups is 3. The van der Waals surface area contributed by atoms with Gasteiger partial charge in [0.05, 0.1) is 23.2 Å². The van der Waals surface area contributed by atoms with Crippen LogP contribution in [0.1, 0.15) is 45.6 Å². The highest BCUT2D eigenvalue weighted by Crippen LogP contribution is 2.33. The van der Waals surface area contributed by atoms with Crippen LogP contribution in [0, 0.1) is 5.92 Å². The second-order valence-corrected chi connectivity index (χ2v) is 7.90. The van der Waals surface area contributed by atoms with Crippen molar-refractivity contribution in [3.63, 3.8) is 0 Å². The topological polar surface area (TPSA) is 97.6 Å². The highest BCUT2D eigenvalue weighted by atomic mass is 16.6. The number of esters is 1. The fourth-order valence-corrected chi connectivity index (χ4v) is 3.59. The van der Waals surface area contributed by atoms with Crippen LogP contribution in [0.4, 0.5) is 9.59 Å². The number of fused-ring (bicyclic) bond motifs is 1. The molecule has 0 bridgehead atoms. The molecule has 1 saturated heterocycles. The van der Waals surface area contributed by atoms with Crippen LogP contribution in [0.25, 0.3) is 0 Å². The van der Waals surface area contributed by atoms with Gasteiger partial charge in [-0.25, -0.2) is 9.59 Å². The molecule has 2 atom stereocenters. The number of rotatable bonds is 3. The molecule has 2 aliphatic heterocycles. The first-order valence-corrected chi connectivity index (χ1v) is 9.44. The Bertz CT molecular complexity index is 919. The van der Waals surface area contributed by atoms with E-state index in [0.29, 0.717) is 23.7 Å². The predicted molar refractivity (Wildman–Crippen MR) is 99.4 cm³/mol. The third kappa shape index (κ3) is 4.21. The number of amides is 3. The molecule has 0 saturated carbocycles. The largest absolute Gasteiger partial charge is 0.466 e. The zero-order chi connectivity index (χ0) is 20.5. The molecule has 0 spiro atoms. The lowest BCUT2D eigenvalue weighted by Gasteiger charge is -2.38. The second-order valence-electron chi connectivity index (χ2n) is 7.90. The van der Waals surface area contributed by atoms with E-state index in [4.69, 9.17) is 9.47 Å². The fourth-order valence-electron chi connectivity index (χ4n) is 3.59. The molecule has 3 rings (SSSR count). The first kappa shape index (κ1) is 20.0. The number of benzene rings is 1. The molecule has 3 amide bonds. The van der Waals surface area contributed by atoms with Crippen LogP contribution in [-0.2, 0) is 14.3 Å². The van der Waals surface area contributed by atoms with Gasteiger partial charge in [0.1, 0.15) is 5.60 Å². The van der Waals surface area contributed by atoms with Gasteiger partial charge in [-0.3, -0.25) is 4.79 Å². The zero-order valence-electron chi connectivity index (χ0n) is 16.6. The minimum absolute atomic E-state index is 0.188. The van der Waals surface area contributed by atoms with Gasteiger partial charge >= 0.3 is 18.1 Å². The Morgan fingerprint density at radius 2 is 2.00 bits per heavy atom. The Morgan fingerprint density at radius 3 is 2.68 bits per heavy atom. The molecule has 0 N–H and O–H groups in total. The van der Waals surface area contributed by atoms with Crippen LogP contribution < -0.4 is 10.7 Å². The summed E-state index contributed by atoms with van der Waals surface area (Å²) in [7, 11) is 0. The van der Waals surface area contributed by atoms with E-state index in [1.54, 1.807) is 44.7 Å². The summed E-state index contributed by atoms with van der Waals surface area (Å²) in [6, 6.07) is 4.84. The van der Waals surface area contributed by atoms with E-state index < -0.39 is 23.6 Å². The van der Waals surface area contributed by atoms with Crippen LogP contribution in [0.15, 0.2) is 28.2 Å². The summed E-state index contributed by atoms with van der Waals surface area (Å²) in [4.78, 5) is 46.2. The van der Waals surface area contributed by atoms with Gasteiger partial charge in [-0.05, 0) is 45.7 Å². The van der Waals surface area contributed by atoms with Crippen molar-refractivity contribution in [1.29, 1.82) is 0 Å². The third-order valence-corrected chi connectivity index (χ3v) is 4.72. The van der Waals surface area contributed by atoms with Crippen molar-refractivity contribution in [2.24, 2.45) is 15.9 Å². The molecule has 2 heterocycles. The number of urea groups is 1. The standard InChI is InChI=1S/C20H25N3O5/c1-5-27-17(24)14-11-23(19(26)28-20(2,3)4)10-9-12(14)13-7-6-8-15-16(13)22-18(25)21-15/h6-8,12,14H,5,9-11H2,1-4H3. The molecule has 2 aliphatic rings.